The van der Waals surface area contributed by atoms with Crippen LogP contribution < -0.4 is 5.32 Å². The SMILES string of the molecule is CC1(C)C(Nc2cc(F)cc([N+](=O)[O-])c2)C2CCCOC21. The quantitative estimate of drug-likeness (QED) is 0.686. The van der Waals surface area contributed by atoms with Crippen LogP contribution in [0.3, 0.4) is 0 Å². The Hall–Kier alpha value is -1.69. The molecular formula is C15H19FN2O3. The Bertz CT molecular complexity index is 576. The molecule has 0 bridgehead atoms. The van der Waals surface area contributed by atoms with E-state index in [1.807, 2.05) is 0 Å². The molecule has 0 aromatic heterocycles. The summed E-state index contributed by atoms with van der Waals surface area (Å²) in [7, 11) is 0. The van der Waals surface area contributed by atoms with Crippen LogP contribution in [0, 0.1) is 27.3 Å². The number of benzene rings is 1. The summed E-state index contributed by atoms with van der Waals surface area (Å²) < 4.78 is 19.3. The van der Waals surface area contributed by atoms with E-state index in [2.05, 4.69) is 19.2 Å². The maximum Gasteiger partial charge on any atom is 0.274 e. The standard InChI is InChI=1S/C15H19FN2O3/c1-15(2)13(12-4-3-5-21-14(12)15)17-10-6-9(16)7-11(8-10)18(19)20/h6-8,12-14,17H,3-5H2,1-2H3. The van der Waals surface area contributed by atoms with Gasteiger partial charge in [-0.05, 0) is 18.9 Å². The molecule has 2 fully saturated rings. The first-order valence-corrected chi connectivity index (χ1v) is 7.23. The molecule has 2 aliphatic rings. The van der Waals surface area contributed by atoms with Crippen molar-refractivity contribution in [3.8, 4) is 0 Å². The zero-order valence-corrected chi connectivity index (χ0v) is 12.1. The van der Waals surface area contributed by atoms with E-state index < -0.39 is 10.7 Å². The number of nitro benzene ring substituents is 1. The number of nitrogens with zero attached hydrogens (tertiary/aromatic N) is 1. The summed E-state index contributed by atoms with van der Waals surface area (Å²) in [6.07, 6.45) is 2.31. The van der Waals surface area contributed by atoms with Crippen LogP contribution in [0.15, 0.2) is 18.2 Å². The van der Waals surface area contributed by atoms with E-state index in [0.717, 1.165) is 25.5 Å². The largest absolute Gasteiger partial charge is 0.381 e. The fraction of sp³-hybridized carbons (Fsp3) is 0.600. The van der Waals surface area contributed by atoms with E-state index in [9.17, 15) is 14.5 Å². The molecule has 3 rings (SSSR count). The van der Waals surface area contributed by atoms with Crippen molar-refractivity contribution < 1.29 is 14.1 Å². The minimum absolute atomic E-state index is 0.0633. The lowest BCUT2D eigenvalue weighted by Crippen LogP contribution is -2.67. The fourth-order valence-electron chi connectivity index (χ4n) is 3.76. The van der Waals surface area contributed by atoms with Gasteiger partial charge in [0.05, 0.1) is 17.1 Å². The molecule has 0 radical (unpaired) electrons. The number of nitro groups is 1. The molecular weight excluding hydrogens is 275 g/mol. The second-order valence-corrected chi connectivity index (χ2v) is 6.50. The predicted molar refractivity (Wildman–Crippen MR) is 76.7 cm³/mol. The molecule has 5 nitrogen and oxygen atoms in total. The molecule has 21 heavy (non-hydrogen) atoms. The molecule has 3 unspecified atom stereocenters. The Morgan fingerprint density at radius 2 is 2.19 bits per heavy atom. The van der Waals surface area contributed by atoms with Crippen LogP contribution in [0.2, 0.25) is 0 Å². The van der Waals surface area contributed by atoms with Crippen LogP contribution in [-0.4, -0.2) is 23.7 Å². The van der Waals surface area contributed by atoms with Crippen molar-refractivity contribution in [3.05, 3.63) is 34.1 Å². The molecule has 1 aliphatic carbocycles. The van der Waals surface area contributed by atoms with Crippen molar-refractivity contribution in [1.29, 1.82) is 0 Å². The van der Waals surface area contributed by atoms with Gasteiger partial charge in [0, 0.05) is 35.7 Å². The van der Waals surface area contributed by atoms with Gasteiger partial charge in [0.1, 0.15) is 5.82 Å². The summed E-state index contributed by atoms with van der Waals surface area (Å²) in [5.74, 6) is -0.212. The summed E-state index contributed by atoms with van der Waals surface area (Å²) in [5, 5.41) is 14.1. The zero-order chi connectivity index (χ0) is 15.2. The van der Waals surface area contributed by atoms with Crippen LogP contribution in [0.1, 0.15) is 26.7 Å². The average molecular weight is 294 g/mol. The molecule has 1 aliphatic heterocycles. The van der Waals surface area contributed by atoms with Crippen LogP contribution in [0.5, 0.6) is 0 Å². The van der Waals surface area contributed by atoms with E-state index in [1.165, 1.54) is 12.1 Å². The normalized spacial score (nSPS) is 30.1. The second-order valence-electron chi connectivity index (χ2n) is 6.50. The van der Waals surface area contributed by atoms with Crippen molar-refractivity contribution in [1.82, 2.24) is 0 Å². The summed E-state index contributed by atoms with van der Waals surface area (Å²) >= 11 is 0. The number of ether oxygens (including phenoxy) is 1. The summed E-state index contributed by atoms with van der Waals surface area (Å²) in [4.78, 5) is 10.2. The Kier molecular flexibility index (Phi) is 3.36. The first kappa shape index (κ1) is 14.3. The monoisotopic (exact) mass is 294 g/mol. The van der Waals surface area contributed by atoms with Crippen LogP contribution in [-0.2, 0) is 4.74 Å². The second kappa shape index (κ2) is 4.94. The minimum Gasteiger partial charge on any atom is -0.381 e. The van der Waals surface area contributed by atoms with E-state index in [4.69, 9.17) is 4.74 Å². The van der Waals surface area contributed by atoms with Gasteiger partial charge in [-0.2, -0.15) is 0 Å². The van der Waals surface area contributed by atoms with Crippen molar-refractivity contribution >= 4 is 11.4 Å². The Labute approximate surface area is 122 Å². The van der Waals surface area contributed by atoms with Crippen LogP contribution in [0.25, 0.3) is 0 Å². The van der Waals surface area contributed by atoms with Crippen molar-refractivity contribution in [2.45, 2.75) is 38.8 Å². The van der Waals surface area contributed by atoms with Gasteiger partial charge in [0.15, 0.2) is 0 Å². The third kappa shape index (κ3) is 2.37. The third-order valence-electron chi connectivity index (χ3n) is 4.75. The van der Waals surface area contributed by atoms with Crippen LogP contribution in [0.4, 0.5) is 15.8 Å². The molecule has 1 aromatic rings. The Morgan fingerprint density at radius 3 is 2.90 bits per heavy atom. The first-order chi connectivity index (χ1) is 9.89. The van der Waals surface area contributed by atoms with Gasteiger partial charge in [0.2, 0.25) is 0 Å². The van der Waals surface area contributed by atoms with Gasteiger partial charge < -0.3 is 10.1 Å². The fourth-order valence-corrected chi connectivity index (χ4v) is 3.76. The highest BCUT2D eigenvalue weighted by Gasteiger charge is 2.57. The number of fused-ring (bicyclic) bond motifs is 1. The number of non-ortho nitro benzene ring substituents is 1. The molecule has 1 saturated carbocycles. The van der Waals surface area contributed by atoms with E-state index >= 15 is 0 Å². The number of hydrogen-bond donors (Lipinski definition) is 1. The topological polar surface area (TPSA) is 64.4 Å². The third-order valence-corrected chi connectivity index (χ3v) is 4.75. The van der Waals surface area contributed by atoms with Gasteiger partial charge in [0.25, 0.3) is 5.69 Å². The molecule has 114 valence electrons. The number of rotatable bonds is 3. The molecule has 1 aromatic carbocycles. The first-order valence-electron chi connectivity index (χ1n) is 7.23. The lowest BCUT2D eigenvalue weighted by Gasteiger charge is -2.60. The summed E-state index contributed by atoms with van der Waals surface area (Å²) in [6, 6.07) is 3.77. The van der Waals surface area contributed by atoms with Gasteiger partial charge in [-0.15, -0.1) is 0 Å². The van der Waals surface area contributed by atoms with E-state index in [-0.39, 0.29) is 23.2 Å². The highest BCUT2D eigenvalue weighted by atomic mass is 19.1. The molecule has 0 spiro atoms. The molecule has 1 N–H and O–H groups in total. The highest BCUT2D eigenvalue weighted by Crippen LogP contribution is 2.52. The maximum atomic E-state index is 13.5. The molecule has 1 heterocycles. The van der Waals surface area contributed by atoms with E-state index in [1.54, 1.807) is 0 Å². The number of halogens is 1. The number of nitrogens with one attached hydrogen (secondary N) is 1. The molecule has 1 saturated heterocycles. The number of anilines is 1. The molecule has 6 heteroatoms. The summed E-state index contributed by atoms with van der Waals surface area (Å²) in [5.41, 5.74) is 0.168. The highest BCUT2D eigenvalue weighted by molar-refractivity contribution is 5.53. The van der Waals surface area contributed by atoms with Crippen molar-refractivity contribution in [3.63, 3.8) is 0 Å². The van der Waals surface area contributed by atoms with Crippen molar-refractivity contribution in [2.24, 2.45) is 11.3 Å². The average Bonchev–Trinajstić information content (AvgIpc) is 2.44. The van der Waals surface area contributed by atoms with Gasteiger partial charge in [-0.1, -0.05) is 13.8 Å². The maximum absolute atomic E-state index is 13.5. The minimum atomic E-state index is -0.597. The smallest absolute Gasteiger partial charge is 0.274 e. The number of hydrogen-bond acceptors (Lipinski definition) is 4. The van der Waals surface area contributed by atoms with E-state index in [0.29, 0.717) is 11.6 Å². The van der Waals surface area contributed by atoms with Crippen LogP contribution >= 0.6 is 0 Å². The Balaban J connectivity index is 1.82. The van der Waals surface area contributed by atoms with Gasteiger partial charge in [-0.3, -0.25) is 10.1 Å². The van der Waals surface area contributed by atoms with Gasteiger partial charge >= 0.3 is 0 Å². The lowest BCUT2D eigenvalue weighted by atomic mass is 9.55. The molecule has 3 atom stereocenters. The zero-order valence-electron chi connectivity index (χ0n) is 12.1. The summed E-state index contributed by atoms with van der Waals surface area (Å²) in [6.45, 7) is 5.03. The van der Waals surface area contributed by atoms with Gasteiger partial charge in [-0.25, -0.2) is 4.39 Å². The predicted octanol–water partition coefficient (Wildman–Crippen LogP) is 3.35. The lowest BCUT2D eigenvalue weighted by molar-refractivity contribution is -0.385. The Morgan fingerprint density at radius 1 is 1.43 bits per heavy atom. The molecule has 0 amide bonds. The van der Waals surface area contributed by atoms with Crippen molar-refractivity contribution in [2.75, 3.05) is 11.9 Å².